The Labute approximate surface area is 178 Å². The number of nitriles is 1. The van der Waals surface area contributed by atoms with Gasteiger partial charge in [-0.1, -0.05) is 35.4 Å². The highest BCUT2D eigenvalue weighted by atomic mass is 35.5. The third kappa shape index (κ3) is 4.91. The van der Waals surface area contributed by atoms with Gasteiger partial charge in [0.05, 0.1) is 15.6 Å². The molecular formula is C16H10Cl2F6N4OS. The monoisotopic (exact) mass is 490 g/mol. The molecule has 0 saturated heterocycles. The highest BCUT2D eigenvalue weighted by molar-refractivity contribution is 7.86. The van der Waals surface area contributed by atoms with E-state index in [1.165, 1.54) is 13.0 Å². The molecule has 0 aliphatic carbocycles. The van der Waals surface area contributed by atoms with E-state index >= 15 is 0 Å². The van der Waals surface area contributed by atoms with E-state index in [2.05, 4.69) is 17.0 Å². The highest BCUT2D eigenvalue weighted by Gasteiger charge is 2.43. The number of hydrogen-bond acceptors (Lipinski definition) is 4. The predicted molar refractivity (Wildman–Crippen MR) is 99.1 cm³/mol. The van der Waals surface area contributed by atoms with Crippen molar-refractivity contribution in [2.24, 2.45) is 0 Å². The molecule has 1 aromatic heterocycles. The average molecular weight is 491 g/mol. The molecule has 162 valence electrons. The molecule has 0 saturated carbocycles. The van der Waals surface area contributed by atoms with E-state index in [-0.39, 0.29) is 6.54 Å². The van der Waals surface area contributed by atoms with Gasteiger partial charge in [0, 0.05) is 6.54 Å². The Morgan fingerprint density at radius 2 is 1.80 bits per heavy atom. The van der Waals surface area contributed by atoms with E-state index in [1.54, 1.807) is 0 Å². The summed E-state index contributed by atoms with van der Waals surface area (Å²) in [5.74, 6) is -0.575. The molecule has 0 amide bonds. The van der Waals surface area contributed by atoms with E-state index in [0.29, 0.717) is 22.4 Å². The van der Waals surface area contributed by atoms with E-state index in [1.807, 2.05) is 0 Å². The predicted octanol–water partition coefficient (Wildman–Crippen LogP) is 5.68. The van der Waals surface area contributed by atoms with Gasteiger partial charge in [-0.3, -0.25) is 0 Å². The van der Waals surface area contributed by atoms with Gasteiger partial charge >= 0.3 is 11.7 Å². The topological polar surface area (TPSA) is 70.7 Å². The van der Waals surface area contributed by atoms with Crippen LogP contribution in [0.4, 0.5) is 32.2 Å². The molecule has 0 spiro atoms. The summed E-state index contributed by atoms with van der Waals surface area (Å²) in [6.07, 6.45) is -4.79. The second-order valence-electron chi connectivity index (χ2n) is 5.86. The molecule has 1 atom stereocenters. The molecule has 0 unspecified atom stereocenters. The Kier molecular flexibility index (Phi) is 6.80. The van der Waals surface area contributed by atoms with Crippen LogP contribution in [0.3, 0.4) is 0 Å². The quantitative estimate of drug-likeness (QED) is 0.432. The lowest BCUT2D eigenvalue weighted by molar-refractivity contribution is -0.137. The third-order valence-corrected chi connectivity index (χ3v) is 5.21. The van der Waals surface area contributed by atoms with Crippen LogP contribution >= 0.6 is 23.2 Å². The number of aromatic nitrogens is 2. The zero-order chi connectivity index (χ0) is 23.0. The summed E-state index contributed by atoms with van der Waals surface area (Å²) in [5, 5.41) is 14.1. The van der Waals surface area contributed by atoms with Gasteiger partial charge in [-0.05, 0) is 19.1 Å². The van der Waals surface area contributed by atoms with Crippen molar-refractivity contribution in [3.63, 3.8) is 0 Å². The van der Waals surface area contributed by atoms with Crippen molar-refractivity contribution in [3.8, 4) is 11.8 Å². The van der Waals surface area contributed by atoms with Crippen molar-refractivity contribution in [2.75, 3.05) is 11.9 Å². The molecule has 0 fully saturated rings. The molecule has 1 aromatic carbocycles. The van der Waals surface area contributed by atoms with Crippen molar-refractivity contribution >= 4 is 39.8 Å². The van der Waals surface area contributed by atoms with Crippen LogP contribution in [0.15, 0.2) is 29.2 Å². The van der Waals surface area contributed by atoms with Crippen LogP contribution < -0.4 is 5.32 Å². The van der Waals surface area contributed by atoms with Gasteiger partial charge in [0.2, 0.25) is 0 Å². The Bertz CT molecular complexity index is 1050. The van der Waals surface area contributed by atoms with Crippen LogP contribution in [0.1, 0.15) is 18.2 Å². The number of rotatable bonds is 5. The minimum Gasteiger partial charge on any atom is -0.365 e. The Morgan fingerprint density at radius 1 is 1.27 bits per heavy atom. The number of anilines is 1. The number of nitrogens with one attached hydrogen (secondary N) is 1. The fourth-order valence-electron chi connectivity index (χ4n) is 2.25. The number of nitrogens with zero attached hydrogens (tertiary/aromatic N) is 3. The van der Waals surface area contributed by atoms with Gasteiger partial charge < -0.3 is 5.32 Å². The number of benzene rings is 1. The lowest BCUT2D eigenvalue weighted by atomic mass is 10.2. The minimum atomic E-state index is -5.24. The van der Waals surface area contributed by atoms with Gasteiger partial charge in [-0.2, -0.15) is 36.7 Å². The fraction of sp³-hybridized carbons (Fsp3) is 0.250. The van der Waals surface area contributed by atoms with E-state index < -0.39 is 60.2 Å². The average Bonchev–Trinajstić information content (AvgIpc) is 2.95. The molecule has 1 heterocycles. The Balaban J connectivity index is 2.84. The van der Waals surface area contributed by atoms with Crippen LogP contribution in [-0.2, 0) is 17.0 Å². The molecule has 30 heavy (non-hydrogen) atoms. The number of halogens is 8. The van der Waals surface area contributed by atoms with Crippen LogP contribution in [0, 0.1) is 11.3 Å². The smallest absolute Gasteiger partial charge is 0.365 e. The molecule has 2 rings (SSSR count). The molecule has 0 aliphatic heterocycles. The summed E-state index contributed by atoms with van der Waals surface area (Å²) >= 11 is 11.8. The summed E-state index contributed by atoms with van der Waals surface area (Å²) in [7, 11) is -3.69. The molecule has 0 aliphatic rings. The third-order valence-electron chi connectivity index (χ3n) is 3.46. The van der Waals surface area contributed by atoms with Crippen molar-refractivity contribution in [1.29, 1.82) is 5.26 Å². The van der Waals surface area contributed by atoms with Crippen molar-refractivity contribution in [1.82, 2.24) is 9.78 Å². The molecule has 5 nitrogen and oxygen atoms in total. The lowest BCUT2D eigenvalue weighted by Crippen LogP contribution is -2.19. The van der Waals surface area contributed by atoms with Crippen LogP contribution in [0.2, 0.25) is 10.0 Å². The van der Waals surface area contributed by atoms with Crippen molar-refractivity contribution in [3.05, 3.63) is 45.6 Å². The van der Waals surface area contributed by atoms with Crippen LogP contribution in [0.25, 0.3) is 5.69 Å². The summed E-state index contributed by atoms with van der Waals surface area (Å²) in [6.45, 7) is 4.96. The summed E-state index contributed by atoms with van der Waals surface area (Å²) < 4.78 is 90.9. The van der Waals surface area contributed by atoms with Gasteiger partial charge in [-0.15, -0.1) is 0 Å². The fourth-order valence-corrected chi connectivity index (χ4v) is 3.73. The maximum Gasteiger partial charge on any atom is 0.476 e. The number of alkyl halides is 6. The maximum atomic E-state index is 13.1. The molecule has 2 aromatic rings. The highest BCUT2D eigenvalue weighted by Crippen LogP contribution is 2.41. The first-order valence-corrected chi connectivity index (χ1v) is 9.55. The first-order chi connectivity index (χ1) is 13.7. The zero-order valence-electron chi connectivity index (χ0n) is 14.8. The van der Waals surface area contributed by atoms with Crippen LogP contribution in [-0.4, -0.2) is 26.0 Å². The van der Waals surface area contributed by atoms with E-state index in [4.69, 9.17) is 23.2 Å². The van der Waals surface area contributed by atoms with Gasteiger partial charge in [-0.25, -0.2) is 8.89 Å². The standard InChI is InChI=1S/C16H10Cl2F6N4OS/c1-7(2)6-26-14-13(30(29)16(22,23)24)11(5-25)27-28(14)12-9(17)3-8(4-10(12)18)15(19,20)21/h3-4,26H,1,6H2,2H3/t30-/m0/s1. The molecule has 0 radical (unpaired) electrons. The minimum absolute atomic E-state index is 0.130. The van der Waals surface area contributed by atoms with E-state index in [9.17, 15) is 35.8 Å². The van der Waals surface area contributed by atoms with Crippen LogP contribution in [0.5, 0.6) is 0 Å². The molecule has 14 heteroatoms. The maximum absolute atomic E-state index is 13.1. The molecule has 1 N–H and O–H groups in total. The second kappa shape index (κ2) is 8.49. The Hall–Kier alpha value is -2.23. The number of hydrogen-bond donors (Lipinski definition) is 1. The SMILES string of the molecule is C=C(C)CNc1c([S@](=O)C(F)(F)F)c(C#N)nn1-c1c(Cl)cc(C(F)(F)F)cc1Cl. The summed E-state index contributed by atoms with van der Waals surface area (Å²) in [4.78, 5) is -1.02. The normalized spacial score (nSPS) is 13.1. The van der Waals surface area contributed by atoms with E-state index in [0.717, 1.165) is 0 Å². The first-order valence-electron chi connectivity index (χ1n) is 7.65. The summed E-state index contributed by atoms with van der Waals surface area (Å²) in [5.41, 5.74) is -7.31. The lowest BCUT2D eigenvalue weighted by Gasteiger charge is -2.16. The molecule has 0 bridgehead atoms. The largest absolute Gasteiger partial charge is 0.476 e. The van der Waals surface area contributed by atoms with Gasteiger partial charge in [0.25, 0.3) is 0 Å². The van der Waals surface area contributed by atoms with Gasteiger partial charge in [0.1, 0.15) is 22.5 Å². The first kappa shape index (κ1) is 24.0. The Morgan fingerprint density at radius 3 is 2.20 bits per heavy atom. The van der Waals surface area contributed by atoms with Crippen molar-refractivity contribution < 1.29 is 30.6 Å². The van der Waals surface area contributed by atoms with Crippen molar-refractivity contribution in [2.45, 2.75) is 23.5 Å². The summed E-state index contributed by atoms with van der Waals surface area (Å²) in [6, 6.07) is 2.39. The zero-order valence-corrected chi connectivity index (χ0v) is 17.1. The molecular weight excluding hydrogens is 481 g/mol. The second-order valence-corrected chi connectivity index (χ2v) is 8.08. The van der Waals surface area contributed by atoms with Gasteiger partial charge in [0.15, 0.2) is 16.5 Å².